The van der Waals surface area contributed by atoms with E-state index in [0.29, 0.717) is 17.2 Å². The average molecular weight is 437 g/mol. The predicted molar refractivity (Wildman–Crippen MR) is 118 cm³/mol. The third-order valence-electron chi connectivity index (χ3n) is 4.79. The maximum Gasteiger partial charge on any atom is 0.306 e. The van der Waals surface area contributed by atoms with Crippen LogP contribution < -0.4 is 4.90 Å². The predicted octanol–water partition coefficient (Wildman–Crippen LogP) is 5.12. The number of carbonyl (C=O) groups is 2. The number of nitrogens with one attached hydrogen (secondary N) is 1. The van der Waals surface area contributed by atoms with Crippen LogP contribution >= 0.6 is 11.3 Å². The van der Waals surface area contributed by atoms with E-state index in [0.717, 1.165) is 16.5 Å². The van der Waals surface area contributed by atoms with Gasteiger partial charge >= 0.3 is 5.97 Å². The molecule has 0 bridgehead atoms. The number of hydrogen-bond donors (Lipinski definition) is 1. The van der Waals surface area contributed by atoms with Crippen molar-refractivity contribution < 1.29 is 18.7 Å². The number of benzene rings is 2. The third kappa shape index (κ3) is 4.64. The SMILES string of the molecule is CC(=O)N(c1nc(COC(=O)CCc2c[nH]c3ccccc23)cs1)c1ccccc1F. The van der Waals surface area contributed by atoms with E-state index in [1.165, 1.54) is 35.3 Å². The number of carbonyl (C=O) groups excluding carboxylic acids is 2. The number of para-hydroxylation sites is 2. The molecule has 2 aromatic carbocycles. The number of aromatic amines is 1. The van der Waals surface area contributed by atoms with Crippen LogP contribution in [0.2, 0.25) is 0 Å². The molecule has 0 saturated carbocycles. The van der Waals surface area contributed by atoms with Gasteiger partial charge in [0.1, 0.15) is 12.4 Å². The van der Waals surface area contributed by atoms with Gasteiger partial charge in [-0.2, -0.15) is 0 Å². The number of halogens is 1. The molecule has 2 heterocycles. The lowest BCUT2D eigenvalue weighted by Crippen LogP contribution is -2.23. The number of fused-ring (bicyclic) bond motifs is 1. The van der Waals surface area contributed by atoms with Crippen molar-refractivity contribution in [1.82, 2.24) is 9.97 Å². The van der Waals surface area contributed by atoms with Crippen molar-refractivity contribution in [3.63, 3.8) is 0 Å². The largest absolute Gasteiger partial charge is 0.459 e. The van der Waals surface area contributed by atoms with Gasteiger partial charge in [-0.05, 0) is 30.2 Å². The molecule has 0 spiro atoms. The second-order valence-corrected chi connectivity index (χ2v) is 7.78. The lowest BCUT2D eigenvalue weighted by molar-refractivity contribution is -0.145. The van der Waals surface area contributed by atoms with E-state index in [-0.39, 0.29) is 30.6 Å². The number of anilines is 2. The standard InChI is InChI=1S/C23H20FN3O3S/c1-15(28)27(21-9-5-3-7-19(21)24)23-26-17(14-31-23)13-30-22(29)11-10-16-12-25-20-8-4-2-6-18(16)20/h2-9,12,14,25H,10-11,13H2,1H3. The molecule has 6 nitrogen and oxygen atoms in total. The Labute approximate surface area is 182 Å². The van der Waals surface area contributed by atoms with Crippen molar-refractivity contribution in [2.75, 3.05) is 4.90 Å². The molecule has 0 unspecified atom stereocenters. The number of hydrogen-bond acceptors (Lipinski definition) is 5. The summed E-state index contributed by atoms with van der Waals surface area (Å²) in [6.07, 6.45) is 2.72. The summed E-state index contributed by atoms with van der Waals surface area (Å²) in [4.78, 5) is 33.0. The summed E-state index contributed by atoms with van der Waals surface area (Å²) in [5.41, 5.74) is 2.73. The van der Waals surface area contributed by atoms with Crippen LogP contribution in [0.5, 0.6) is 0 Å². The smallest absolute Gasteiger partial charge is 0.306 e. The maximum absolute atomic E-state index is 14.2. The summed E-state index contributed by atoms with van der Waals surface area (Å²) in [7, 11) is 0. The highest BCUT2D eigenvalue weighted by atomic mass is 32.1. The van der Waals surface area contributed by atoms with Crippen LogP contribution in [0.25, 0.3) is 10.9 Å². The van der Waals surface area contributed by atoms with Crippen LogP contribution in [-0.2, 0) is 27.4 Å². The molecular weight excluding hydrogens is 417 g/mol. The molecule has 1 N–H and O–H groups in total. The Kier molecular flexibility index (Phi) is 6.08. The van der Waals surface area contributed by atoms with E-state index < -0.39 is 5.82 Å². The number of aromatic nitrogens is 2. The molecule has 0 aliphatic carbocycles. The highest BCUT2D eigenvalue weighted by Gasteiger charge is 2.21. The zero-order valence-electron chi connectivity index (χ0n) is 16.8. The van der Waals surface area contributed by atoms with Gasteiger partial charge in [-0.3, -0.25) is 14.5 Å². The fourth-order valence-corrected chi connectivity index (χ4v) is 4.17. The maximum atomic E-state index is 14.2. The van der Waals surface area contributed by atoms with Crippen LogP contribution in [0.1, 0.15) is 24.6 Å². The Balaban J connectivity index is 1.37. The molecule has 8 heteroatoms. The summed E-state index contributed by atoms with van der Waals surface area (Å²) in [5, 5.41) is 3.11. The van der Waals surface area contributed by atoms with Crippen LogP contribution in [0.4, 0.5) is 15.2 Å². The number of esters is 1. The number of H-pyrrole nitrogens is 1. The molecule has 158 valence electrons. The monoisotopic (exact) mass is 437 g/mol. The van der Waals surface area contributed by atoms with Gasteiger partial charge in [0.05, 0.1) is 11.4 Å². The van der Waals surface area contributed by atoms with Crippen LogP contribution in [0.3, 0.4) is 0 Å². The second-order valence-electron chi connectivity index (χ2n) is 6.95. The Hall–Kier alpha value is -3.52. The van der Waals surface area contributed by atoms with Crippen molar-refractivity contribution in [3.8, 4) is 0 Å². The van der Waals surface area contributed by atoms with E-state index >= 15 is 0 Å². The van der Waals surface area contributed by atoms with Gasteiger partial charge in [0, 0.05) is 35.8 Å². The first-order valence-electron chi connectivity index (χ1n) is 9.73. The molecule has 4 rings (SSSR count). The second kappa shape index (κ2) is 9.09. The molecule has 2 aromatic heterocycles. The quantitative estimate of drug-likeness (QED) is 0.407. The van der Waals surface area contributed by atoms with Crippen molar-refractivity contribution in [2.45, 2.75) is 26.4 Å². The minimum Gasteiger partial charge on any atom is -0.459 e. The Bertz CT molecular complexity index is 1230. The topological polar surface area (TPSA) is 75.3 Å². The van der Waals surface area contributed by atoms with Gasteiger partial charge in [0.15, 0.2) is 5.13 Å². The third-order valence-corrected chi connectivity index (χ3v) is 5.67. The molecule has 4 aromatic rings. The van der Waals surface area contributed by atoms with Crippen LogP contribution in [0, 0.1) is 5.82 Å². The molecule has 0 radical (unpaired) electrons. The molecule has 0 saturated heterocycles. The first-order valence-corrected chi connectivity index (χ1v) is 10.6. The van der Waals surface area contributed by atoms with Crippen LogP contribution in [0.15, 0.2) is 60.1 Å². The van der Waals surface area contributed by atoms with E-state index in [9.17, 15) is 14.0 Å². The summed E-state index contributed by atoms with van der Waals surface area (Å²) >= 11 is 1.19. The first kappa shape index (κ1) is 20.7. The van der Waals surface area contributed by atoms with Gasteiger partial charge in [-0.15, -0.1) is 11.3 Å². The molecule has 0 aliphatic rings. The lowest BCUT2D eigenvalue weighted by Gasteiger charge is -2.18. The van der Waals surface area contributed by atoms with Gasteiger partial charge in [-0.1, -0.05) is 30.3 Å². The number of aryl methyl sites for hydroxylation is 1. The zero-order chi connectivity index (χ0) is 21.8. The van der Waals surface area contributed by atoms with E-state index in [2.05, 4.69) is 9.97 Å². The highest BCUT2D eigenvalue weighted by molar-refractivity contribution is 7.14. The van der Waals surface area contributed by atoms with Gasteiger partial charge in [0.2, 0.25) is 5.91 Å². The highest BCUT2D eigenvalue weighted by Crippen LogP contribution is 2.31. The van der Waals surface area contributed by atoms with Gasteiger partial charge < -0.3 is 9.72 Å². The van der Waals surface area contributed by atoms with Gasteiger partial charge in [0.25, 0.3) is 0 Å². The molecule has 0 fully saturated rings. The molecular formula is C23H20FN3O3S. The molecule has 31 heavy (non-hydrogen) atoms. The average Bonchev–Trinajstić information content (AvgIpc) is 3.39. The van der Waals surface area contributed by atoms with Crippen molar-refractivity contribution in [2.24, 2.45) is 0 Å². The van der Waals surface area contributed by atoms with Gasteiger partial charge in [-0.25, -0.2) is 9.37 Å². The Morgan fingerprint density at radius 1 is 1.16 bits per heavy atom. The Morgan fingerprint density at radius 3 is 2.74 bits per heavy atom. The Morgan fingerprint density at radius 2 is 1.94 bits per heavy atom. The van der Waals surface area contributed by atoms with Crippen molar-refractivity contribution in [1.29, 1.82) is 0 Å². The van der Waals surface area contributed by atoms with E-state index in [1.807, 2.05) is 30.5 Å². The van der Waals surface area contributed by atoms with E-state index in [1.54, 1.807) is 17.5 Å². The van der Waals surface area contributed by atoms with Crippen molar-refractivity contribution >= 4 is 44.9 Å². The van der Waals surface area contributed by atoms with Crippen LogP contribution in [-0.4, -0.2) is 21.8 Å². The number of amides is 1. The summed E-state index contributed by atoms with van der Waals surface area (Å²) < 4.78 is 19.5. The van der Waals surface area contributed by atoms with Crippen molar-refractivity contribution in [3.05, 3.63) is 77.2 Å². The minimum atomic E-state index is -0.516. The van der Waals surface area contributed by atoms with E-state index in [4.69, 9.17) is 4.74 Å². The number of rotatable bonds is 7. The lowest BCUT2D eigenvalue weighted by atomic mass is 10.1. The molecule has 0 aliphatic heterocycles. The number of nitrogens with zero attached hydrogens (tertiary/aromatic N) is 2. The molecule has 0 atom stereocenters. The summed E-state index contributed by atoms with van der Waals surface area (Å²) in [6.45, 7) is 1.34. The first-order chi connectivity index (χ1) is 15.0. The fourth-order valence-electron chi connectivity index (χ4n) is 3.31. The summed E-state index contributed by atoms with van der Waals surface area (Å²) in [6, 6.07) is 13.9. The number of ether oxygens (including phenoxy) is 1. The minimum absolute atomic E-state index is 0.00770. The zero-order valence-corrected chi connectivity index (χ0v) is 17.6. The molecule has 1 amide bonds. The normalized spacial score (nSPS) is 10.9. The summed E-state index contributed by atoms with van der Waals surface area (Å²) in [5.74, 6) is -1.21. The number of thiazole rings is 1. The fraction of sp³-hybridized carbons (Fsp3) is 0.174.